The van der Waals surface area contributed by atoms with Gasteiger partial charge >= 0.3 is 0 Å². The molecule has 14 rings (SSSR count). The van der Waals surface area contributed by atoms with Crippen molar-refractivity contribution in [1.29, 1.82) is 0 Å². The zero-order valence-electron chi connectivity index (χ0n) is 48.0. The minimum absolute atomic E-state index is 0.432. The number of para-hydroxylation sites is 2. The summed E-state index contributed by atoms with van der Waals surface area (Å²) in [4.78, 5) is 50.8. The van der Waals surface area contributed by atoms with E-state index in [2.05, 4.69) is 140 Å². The van der Waals surface area contributed by atoms with E-state index in [4.69, 9.17) is 41.6 Å². The fourth-order valence-electron chi connectivity index (χ4n) is 9.69. The van der Waals surface area contributed by atoms with Crippen LogP contribution in [-0.4, -0.2) is 135 Å². The summed E-state index contributed by atoms with van der Waals surface area (Å²) < 4.78 is 18.1. The second-order valence-electron chi connectivity index (χ2n) is 20.5. The molecule has 3 aliphatic rings. The molecule has 11 aromatic rings. The van der Waals surface area contributed by atoms with E-state index in [1.54, 1.807) is 18.3 Å². The summed E-state index contributed by atoms with van der Waals surface area (Å²) in [6.45, 7) is 14.9. The van der Waals surface area contributed by atoms with Crippen LogP contribution in [0.3, 0.4) is 0 Å². The molecule has 8 N–H and O–H groups in total. The van der Waals surface area contributed by atoms with Gasteiger partial charge in [0.2, 0.25) is 17.8 Å². The number of hydrogen-bond donors (Lipinski definition) is 7. The van der Waals surface area contributed by atoms with Crippen LogP contribution in [0.4, 0.5) is 58.2 Å². The predicted octanol–water partition coefficient (Wildman–Crippen LogP) is 10.8. The van der Waals surface area contributed by atoms with Crippen molar-refractivity contribution in [3.05, 3.63) is 179 Å². The number of nitrogens with zero attached hydrogens (tertiary/aromatic N) is 11. The Hall–Kier alpha value is -9.71. The minimum Gasteiger partial charge on any atom is -0.378 e. The number of hydrazine groups is 1. The van der Waals surface area contributed by atoms with E-state index < -0.39 is 0 Å². The maximum atomic E-state index is 10.5. The van der Waals surface area contributed by atoms with Crippen molar-refractivity contribution in [2.45, 2.75) is 20.8 Å². The SMILES string of the molecule is Cc1ccc(Nc2cc(-n3ncc4c5ccccc5[nH]c43)nc(N3CCOCC3)n2)cc1.Cc1ccc(Nc2cc(Cl)nc(N3CCOCC3)n2)cc1.Cc1ccc(Nc2cc(NN)nc(N3CCOCC3)n2)cc1.O=Cc1c[nH]c2ccccc12. The Morgan fingerprint density at radius 2 is 0.953 bits per heavy atom. The molecule has 6 aromatic heterocycles. The topological polar surface area (TPSA) is 255 Å². The molecule has 0 aliphatic carbocycles. The highest BCUT2D eigenvalue weighted by atomic mass is 35.5. The summed E-state index contributed by atoms with van der Waals surface area (Å²) in [5, 5.41) is 18.2. The summed E-state index contributed by atoms with van der Waals surface area (Å²) in [6.07, 6.45) is 4.47. The molecule has 0 bridgehead atoms. The molecule has 440 valence electrons. The molecule has 3 fully saturated rings. The highest BCUT2D eigenvalue weighted by Crippen LogP contribution is 2.29. The van der Waals surface area contributed by atoms with Crippen molar-refractivity contribution < 1.29 is 19.0 Å². The molecule has 0 radical (unpaired) electrons. The van der Waals surface area contributed by atoms with Crippen molar-refractivity contribution in [2.24, 2.45) is 5.84 Å². The van der Waals surface area contributed by atoms with E-state index in [-0.39, 0.29) is 0 Å². The third-order valence-electron chi connectivity index (χ3n) is 14.3. The molecule has 0 saturated carbocycles. The highest BCUT2D eigenvalue weighted by molar-refractivity contribution is 6.29. The van der Waals surface area contributed by atoms with Crippen molar-refractivity contribution in [1.82, 2.24) is 49.7 Å². The Bertz CT molecular complexity index is 4010. The number of fused-ring (bicyclic) bond motifs is 4. The Kier molecular flexibility index (Phi) is 18.8. The summed E-state index contributed by atoms with van der Waals surface area (Å²) in [7, 11) is 0. The first-order chi connectivity index (χ1) is 42.1. The molecule has 0 unspecified atom stereocenters. The lowest BCUT2D eigenvalue weighted by Gasteiger charge is -2.27. The fraction of sp³-hybridized carbons (Fsp3) is 0.238. The molecule has 0 spiro atoms. The van der Waals surface area contributed by atoms with Gasteiger partial charge in [-0.05, 0) is 69.3 Å². The molecule has 3 saturated heterocycles. The molecular formula is C63H67ClN18O4. The van der Waals surface area contributed by atoms with Crippen molar-refractivity contribution in [2.75, 3.05) is 115 Å². The molecular weight excluding hydrogens is 1110 g/mol. The maximum Gasteiger partial charge on any atom is 0.229 e. The van der Waals surface area contributed by atoms with E-state index >= 15 is 0 Å². The number of benzene rings is 5. The van der Waals surface area contributed by atoms with Gasteiger partial charge in [0.25, 0.3) is 0 Å². The van der Waals surface area contributed by atoms with Crippen LogP contribution in [0.1, 0.15) is 27.0 Å². The zero-order valence-corrected chi connectivity index (χ0v) is 48.8. The molecule has 0 atom stereocenters. The fourth-order valence-corrected chi connectivity index (χ4v) is 9.87. The normalized spacial score (nSPS) is 14.1. The van der Waals surface area contributed by atoms with Crippen molar-refractivity contribution >= 4 is 109 Å². The van der Waals surface area contributed by atoms with Gasteiger partial charge in [0.05, 0.1) is 45.8 Å². The number of rotatable bonds is 12. The van der Waals surface area contributed by atoms with Crippen LogP contribution < -0.4 is 41.9 Å². The smallest absolute Gasteiger partial charge is 0.229 e. The third-order valence-corrected chi connectivity index (χ3v) is 14.5. The number of nitrogens with one attached hydrogen (secondary N) is 6. The molecule has 5 aromatic carbocycles. The maximum absolute atomic E-state index is 10.5. The quantitative estimate of drug-likeness (QED) is 0.0260. The number of aromatic nitrogens is 10. The van der Waals surface area contributed by atoms with Gasteiger partial charge in [0.15, 0.2) is 12.1 Å². The third kappa shape index (κ3) is 14.8. The number of carbonyl (C=O) groups is 1. The number of aromatic amines is 2. The summed E-state index contributed by atoms with van der Waals surface area (Å²) in [5.41, 5.74) is 12.9. The van der Waals surface area contributed by atoms with Gasteiger partial charge in [-0.15, -0.1) is 0 Å². The van der Waals surface area contributed by atoms with E-state index in [0.29, 0.717) is 85.9 Å². The van der Waals surface area contributed by atoms with Crippen LogP contribution in [0.5, 0.6) is 0 Å². The van der Waals surface area contributed by atoms with Crippen LogP contribution in [0.25, 0.3) is 38.7 Å². The highest BCUT2D eigenvalue weighted by Gasteiger charge is 2.21. The lowest BCUT2D eigenvalue weighted by atomic mass is 10.2. The number of anilines is 10. The Morgan fingerprint density at radius 3 is 1.47 bits per heavy atom. The van der Waals surface area contributed by atoms with E-state index in [0.717, 1.165) is 107 Å². The van der Waals surface area contributed by atoms with Crippen LogP contribution in [-0.2, 0) is 14.2 Å². The molecule has 9 heterocycles. The van der Waals surface area contributed by atoms with Gasteiger partial charge in [0, 0.05) is 113 Å². The molecule has 22 nitrogen and oxygen atoms in total. The number of halogens is 1. The number of morpholine rings is 3. The van der Waals surface area contributed by atoms with Crippen LogP contribution in [0, 0.1) is 20.8 Å². The average molecular weight is 1180 g/mol. The van der Waals surface area contributed by atoms with Crippen molar-refractivity contribution in [3.8, 4) is 5.82 Å². The number of carbonyl (C=O) groups excluding carboxylic acids is 1. The number of H-pyrrole nitrogens is 2. The van der Waals surface area contributed by atoms with Crippen LogP contribution in [0.15, 0.2) is 152 Å². The van der Waals surface area contributed by atoms with Gasteiger partial charge in [-0.1, -0.05) is 101 Å². The number of nitrogens with two attached hydrogens (primary N) is 1. The summed E-state index contributed by atoms with van der Waals surface area (Å²) >= 11 is 6.11. The first-order valence-corrected chi connectivity index (χ1v) is 28.7. The van der Waals surface area contributed by atoms with Gasteiger partial charge < -0.3 is 60.3 Å². The van der Waals surface area contributed by atoms with Gasteiger partial charge in [0.1, 0.15) is 34.1 Å². The number of aryl methyl sites for hydroxylation is 3. The lowest BCUT2D eigenvalue weighted by Crippen LogP contribution is -2.37. The Balaban J connectivity index is 0.000000126. The van der Waals surface area contributed by atoms with Gasteiger partial charge in [-0.25, -0.2) is 10.8 Å². The predicted molar refractivity (Wildman–Crippen MR) is 342 cm³/mol. The first-order valence-electron chi connectivity index (χ1n) is 28.4. The monoisotopic (exact) mass is 1170 g/mol. The van der Waals surface area contributed by atoms with E-state index in [9.17, 15) is 4.79 Å². The Labute approximate surface area is 502 Å². The van der Waals surface area contributed by atoms with Crippen LogP contribution >= 0.6 is 11.6 Å². The molecule has 3 aliphatic heterocycles. The van der Waals surface area contributed by atoms with Crippen LogP contribution in [0.2, 0.25) is 5.15 Å². The second-order valence-corrected chi connectivity index (χ2v) is 20.9. The minimum atomic E-state index is 0.432. The summed E-state index contributed by atoms with van der Waals surface area (Å²) in [5.74, 6) is 10.9. The van der Waals surface area contributed by atoms with E-state index in [1.165, 1.54) is 16.7 Å². The standard InChI is InChI=1S/C24H23N7O.C15H17ClN4O.C15H20N6O.C9H7NO/c1-16-6-8-17(9-7-16)26-21-14-22(29-24(28-21)30-10-12-32-13-11-30)31-23-19(15-25-31)18-4-2-3-5-20(18)27-23;1-11-2-4-12(5-3-11)17-14-10-13(16)18-15(19-14)20-6-8-21-9-7-20;1-11-2-4-12(5-3-11)17-13-10-14(20-16)19-15(18-13)21-6-8-22-9-7-21;11-6-7-5-10-9-4-2-1-3-8(7)9/h2-9,14-15,27H,10-13H2,1H3,(H,26,28,29);2-5,10H,6-9H2,1H3,(H,17,18,19);2-5,10H,6-9,16H2,1H3,(H2,17,18,19,20);1-6,10H. The molecule has 23 heteroatoms. The largest absolute Gasteiger partial charge is 0.378 e. The number of hydrogen-bond acceptors (Lipinski definition) is 19. The number of ether oxygens (including phenoxy) is 3. The van der Waals surface area contributed by atoms with Gasteiger partial charge in [-0.3, -0.25) is 4.79 Å². The number of aldehydes is 1. The second kappa shape index (κ2) is 27.8. The number of nitrogen functional groups attached to an aromatic ring is 1. The molecule has 0 amide bonds. The van der Waals surface area contributed by atoms with Gasteiger partial charge in [-0.2, -0.15) is 34.7 Å². The molecule has 86 heavy (non-hydrogen) atoms. The summed E-state index contributed by atoms with van der Waals surface area (Å²) in [6, 6.07) is 45.9. The average Bonchev–Trinajstić information content (AvgIpc) is 2.80. The Morgan fingerprint density at radius 1 is 0.512 bits per heavy atom. The van der Waals surface area contributed by atoms with E-state index in [1.807, 2.05) is 89.7 Å². The lowest BCUT2D eigenvalue weighted by molar-refractivity contribution is 0.112. The van der Waals surface area contributed by atoms with Crippen molar-refractivity contribution in [3.63, 3.8) is 0 Å². The first kappa shape index (κ1) is 58.1. The zero-order chi connectivity index (χ0) is 59.2.